The second-order valence-corrected chi connectivity index (χ2v) is 34.1. The van der Waals surface area contributed by atoms with E-state index in [2.05, 4.69) is 236 Å². The molecule has 4 fully saturated rings. The van der Waals surface area contributed by atoms with Crippen molar-refractivity contribution in [2.45, 2.75) is 312 Å². The van der Waals surface area contributed by atoms with Crippen LogP contribution in [0.15, 0.2) is 130 Å². The van der Waals surface area contributed by atoms with E-state index in [0.717, 1.165) is 45.6 Å². The van der Waals surface area contributed by atoms with Crippen LogP contribution in [0, 0.1) is 0 Å². The van der Waals surface area contributed by atoms with Gasteiger partial charge in [0.25, 0.3) is 0 Å². The van der Waals surface area contributed by atoms with Crippen LogP contribution in [-0.4, -0.2) is 73.1 Å². The van der Waals surface area contributed by atoms with Crippen molar-refractivity contribution >= 4 is 71.0 Å². The molecule has 0 saturated carbocycles. The Labute approximate surface area is 612 Å². The average molecular weight is 1460 g/mol. The van der Waals surface area contributed by atoms with Gasteiger partial charge in [-0.25, -0.2) is 0 Å². The summed E-state index contributed by atoms with van der Waals surface area (Å²) < 4.78 is 51.6. The molecule has 98 heavy (non-hydrogen) atoms. The largest absolute Gasteiger partial charge is 0.494 e. The Morgan fingerprint density at radius 3 is 0.653 bits per heavy atom. The molecule has 0 amide bonds. The molecule has 0 aromatic heterocycles. The first-order valence-electron chi connectivity index (χ1n) is 37.6. The summed E-state index contributed by atoms with van der Waals surface area (Å²) in [6, 6.07) is 45.6. The Kier molecular flexibility index (Phi) is 27.9. The summed E-state index contributed by atoms with van der Waals surface area (Å²) in [7, 11) is -1.66. The fourth-order valence-electron chi connectivity index (χ4n) is 13.1. The van der Waals surface area contributed by atoms with E-state index in [1.165, 1.54) is 169 Å². The van der Waals surface area contributed by atoms with Crippen LogP contribution < -0.4 is 10.9 Å². The van der Waals surface area contributed by atoms with E-state index < -0.39 is 14.0 Å². The first kappa shape index (κ1) is 79.9. The second kappa shape index (κ2) is 34.2. The highest BCUT2D eigenvalue weighted by Gasteiger charge is 2.64. The zero-order valence-electron chi connectivity index (χ0n) is 64.0. The maximum atomic E-state index is 6.37. The topological polar surface area (TPSA) is 73.8 Å². The molecule has 10 rings (SSSR count). The Morgan fingerprint density at radius 1 is 0.255 bits per heavy atom. The van der Waals surface area contributed by atoms with Gasteiger partial charge in [-0.3, -0.25) is 0 Å². The van der Waals surface area contributed by atoms with Crippen LogP contribution in [0.1, 0.15) is 263 Å². The number of halogens is 2. The van der Waals surface area contributed by atoms with Gasteiger partial charge < -0.3 is 37.2 Å². The van der Waals surface area contributed by atoms with Gasteiger partial charge in [0.2, 0.25) is 0 Å². The predicted octanol–water partition coefficient (Wildman–Crippen LogP) is 22.9. The minimum absolute atomic E-state index is 0.353. The lowest BCUT2D eigenvalue weighted by molar-refractivity contribution is 0.00578. The quantitative estimate of drug-likeness (QED) is 0.0373. The smallest absolute Gasteiger partial charge is 0.405 e. The zero-order chi connectivity index (χ0) is 71.5. The number of unbranched alkanes of at least 4 members (excludes halogenated alkanes) is 12. The molecule has 0 aliphatic carbocycles. The molecule has 0 unspecified atom stereocenters. The normalized spacial score (nSPS) is 19.0. The summed E-state index contributed by atoms with van der Waals surface area (Å²) in [5.74, 6) is 0. The van der Waals surface area contributed by atoms with Gasteiger partial charge in [0, 0.05) is 8.95 Å². The van der Waals surface area contributed by atoms with Crippen molar-refractivity contribution in [3.63, 3.8) is 0 Å². The summed E-state index contributed by atoms with van der Waals surface area (Å²) in [6.45, 7) is 42.2. The molecule has 4 heterocycles. The van der Waals surface area contributed by atoms with Crippen molar-refractivity contribution in [2.24, 2.45) is 0 Å². The van der Waals surface area contributed by atoms with Gasteiger partial charge in [-0.2, -0.15) is 0 Å². The summed E-state index contributed by atoms with van der Waals surface area (Å²) >= 11 is 7.21. The Bertz CT molecular complexity index is 3200. The minimum atomic E-state index is -0.476. The average Bonchev–Trinajstić information content (AvgIpc) is 0.881. The highest BCUT2D eigenvalue weighted by atomic mass is 79.9. The summed E-state index contributed by atoms with van der Waals surface area (Å²) in [5.41, 5.74) is 15.8. The van der Waals surface area contributed by atoms with Crippen molar-refractivity contribution in [3.05, 3.63) is 153 Å². The lowest BCUT2D eigenvalue weighted by Crippen LogP contribution is -2.41. The molecule has 4 aliphatic heterocycles. The molecule has 6 aromatic carbocycles. The van der Waals surface area contributed by atoms with Crippen LogP contribution in [0.2, 0.25) is 0 Å². The molecular formula is C84H120B4Br2O8. The van der Waals surface area contributed by atoms with Gasteiger partial charge in [-0.05, 0) is 264 Å². The van der Waals surface area contributed by atoms with Crippen LogP contribution >= 0.6 is 31.9 Å². The zero-order valence-corrected chi connectivity index (χ0v) is 67.2. The Hall–Kier alpha value is -3.78. The van der Waals surface area contributed by atoms with Gasteiger partial charge in [0.1, 0.15) is 0 Å². The molecule has 8 nitrogen and oxygen atoms in total. The summed E-state index contributed by atoms with van der Waals surface area (Å²) in [5, 5.41) is 0. The summed E-state index contributed by atoms with van der Waals surface area (Å²) in [6.07, 6.45) is 24.7. The number of rotatable bonds is 27. The number of hydrogen-bond acceptors (Lipinski definition) is 8. The molecular weight excluding hydrogens is 1340 g/mol. The molecule has 530 valence electrons. The third-order valence-corrected chi connectivity index (χ3v) is 23.5. The van der Waals surface area contributed by atoms with E-state index in [4.69, 9.17) is 37.2 Å². The molecule has 14 heteroatoms. The molecule has 4 aliphatic rings. The van der Waals surface area contributed by atoms with E-state index in [1.807, 2.05) is 55.4 Å². The Balaban J connectivity index is 0.000000209. The van der Waals surface area contributed by atoms with Crippen molar-refractivity contribution < 1.29 is 37.2 Å². The fourth-order valence-corrected chi connectivity index (χ4v) is 13.6. The molecule has 6 aromatic rings. The van der Waals surface area contributed by atoms with E-state index in [9.17, 15) is 0 Å². The third-order valence-electron chi connectivity index (χ3n) is 22.4. The van der Waals surface area contributed by atoms with E-state index in [0.29, 0.717) is 0 Å². The van der Waals surface area contributed by atoms with Gasteiger partial charge in [0.05, 0.1) is 44.8 Å². The van der Waals surface area contributed by atoms with Gasteiger partial charge in [0.15, 0.2) is 0 Å². The first-order chi connectivity index (χ1) is 46.2. The maximum absolute atomic E-state index is 6.37. The molecule has 0 radical (unpaired) electrons. The minimum Gasteiger partial charge on any atom is -0.405 e. The highest BCUT2D eigenvalue weighted by Crippen LogP contribution is 2.45. The number of benzene rings is 6. The first-order valence-corrected chi connectivity index (χ1v) is 39.2. The lowest BCUT2D eigenvalue weighted by Gasteiger charge is -2.32. The van der Waals surface area contributed by atoms with E-state index >= 15 is 0 Å². The lowest BCUT2D eigenvalue weighted by atomic mass is 9.49. The fraction of sp³-hybridized carbons (Fsp3) is 0.571. The van der Waals surface area contributed by atoms with Crippen molar-refractivity contribution in [1.82, 2.24) is 0 Å². The van der Waals surface area contributed by atoms with Crippen LogP contribution in [-0.2, 0) is 62.9 Å². The second-order valence-electron chi connectivity index (χ2n) is 32.3. The SMILES string of the molecule is CC1(C)OB(B2OC(C)(C)C(C)(C)O2)OC1(C)C.CCCCCCc1cc(-c2ccc(B3OC(C)(C)C(C)(C)O3)cc2)c(CCCCCC)cc1-c1ccc(B2OC(C)(C)C(C)(C)O2)cc1.CCCCCCc1cc(-c2ccc(Br)cc2)c(CCCCCC)cc1-c1ccc(Br)cc1. The maximum Gasteiger partial charge on any atom is 0.494 e. The van der Waals surface area contributed by atoms with Crippen LogP contribution in [0.4, 0.5) is 0 Å². The molecule has 0 N–H and O–H groups in total. The molecule has 4 saturated heterocycles. The van der Waals surface area contributed by atoms with Gasteiger partial charge in [-0.15, -0.1) is 0 Å². The van der Waals surface area contributed by atoms with Crippen molar-refractivity contribution in [3.8, 4) is 44.5 Å². The van der Waals surface area contributed by atoms with Crippen LogP contribution in [0.3, 0.4) is 0 Å². The van der Waals surface area contributed by atoms with Gasteiger partial charge >= 0.3 is 28.3 Å². The third kappa shape index (κ3) is 19.9. The van der Waals surface area contributed by atoms with Crippen LogP contribution in [0.5, 0.6) is 0 Å². The van der Waals surface area contributed by atoms with E-state index in [-0.39, 0.29) is 59.0 Å². The number of hydrogen-bond donors (Lipinski definition) is 0. The van der Waals surface area contributed by atoms with Gasteiger partial charge in [-0.1, -0.05) is 234 Å². The highest BCUT2D eigenvalue weighted by molar-refractivity contribution is 9.10. The molecule has 0 spiro atoms. The number of aryl methyl sites for hydroxylation is 4. The predicted molar refractivity (Wildman–Crippen MR) is 425 cm³/mol. The summed E-state index contributed by atoms with van der Waals surface area (Å²) in [4.78, 5) is 0. The molecule has 0 atom stereocenters. The van der Waals surface area contributed by atoms with E-state index in [1.54, 1.807) is 0 Å². The van der Waals surface area contributed by atoms with Crippen molar-refractivity contribution in [2.75, 3.05) is 0 Å². The van der Waals surface area contributed by atoms with Crippen molar-refractivity contribution in [1.29, 1.82) is 0 Å². The van der Waals surface area contributed by atoms with Crippen LogP contribution in [0.25, 0.3) is 44.5 Å². The molecule has 0 bridgehead atoms. The standard InChI is InChI=1S/C42H60B2O4.C30H36Br2.C12H24B2O4/c1-11-13-15-17-19-33-29-38(32-23-27-36(28-24-32)44-47-41(7,8)42(9,10)48-44)34(20-18-16-14-12-2)30-37(33)31-21-25-35(26-22-31)43-45-39(3,4)40(5,6)46-43;1-3-5-7-9-11-25-21-30(24-15-19-28(32)20-16-24)26(12-10-8-6-4-2)22-29(25)23-13-17-27(31)18-14-23;1-9(2)10(3,4)16-13(15-9)14-17-11(5,6)12(7,8)18-14/h21-30H,11-20H2,1-10H3;13-22H,3-12H2,1-2H3;1-8H3. The monoisotopic (exact) mass is 1460 g/mol. The Morgan fingerprint density at radius 2 is 0.449 bits per heavy atom.